The number of nitrogens with two attached hydrogens (primary N) is 1. The Labute approximate surface area is 95.9 Å². The first-order valence-electron chi connectivity index (χ1n) is 5.73. The summed E-state index contributed by atoms with van der Waals surface area (Å²) in [4.78, 5) is 5.57. The maximum atomic E-state index is 5.83. The highest BCUT2D eigenvalue weighted by Gasteiger charge is 2.13. The van der Waals surface area contributed by atoms with E-state index in [4.69, 9.17) is 15.3 Å². The summed E-state index contributed by atoms with van der Waals surface area (Å²) in [5.41, 5.74) is 7.51. The van der Waals surface area contributed by atoms with Crippen molar-refractivity contribution in [3.8, 4) is 5.75 Å². The van der Waals surface area contributed by atoms with E-state index in [1.165, 1.54) is 0 Å². The summed E-state index contributed by atoms with van der Waals surface area (Å²) in [5, 5.41) is 1.89. The van der Waals surface area contributed by atoms with E-state index in [-0.39, 0.29) is 0 Å². The van der Waals surface area contributed by atoms with Gasteiger partial charge in [0.25, 0.3) is 0 Å². The molecule has 1 aliphatic heterocycles. The molecule has 1 fully saturated rings. The van der Waals surface area contributed by atoms with Crippen LogP contribution in [0, 0.1) is 0 Å². The van der Waals surface area contributed by atoms with Crippen molar-refractivity contribution < 1.29 is 9.57 Å². The van der Waals surface area contributed by atoms with Crippen LogP contribution in [0.25, 0.3) is 0 Å². The number of rotatable bonds is 3. The quantitative estimate of drug-likeness (QED) is 0.796. The Morgan fingerprint density at radius 3 is 2.94 bits per heavy atom. The molecule has 88 valence electrons. The van der Waals surface area contributed by atoms with Crippen LogP contribution in [-0.2, 0) is 4.84 Å². The third-order valence-electron chi connectivity index (χ3n) is 2.52. The molecule has 2 N–H and O–H groups in total. The molecule has 0 amide bonds. The molecular weight excluding hydrogens is 204 g/mol. The molecular formula is C12H18N2O2. The fraction of sp³-hybridized carbons (Fsp3) is 0.500. The van der Waals surface area contributed by atoms with Gasteiger partial charge < -0.3 is 10.5 Å². The first-order chi connectivity index (χ1) is 7.79. The van der Waals surface area contributed by atoms with Crippen molar-refractivity contribution in [3.63, 3.8) is 0 Å². The number of hydrogen-bond donors (Lipinski definition) is 1. The SMILES string of the molecule is CCOc1cc(N)cc(N2CCCCO2)c1. The maximum Gasteiger partial charge on any atom is 0.123 e. The van der Waals surface area contributed by atoms with E-state index in [0.717, 1.165) is 37.4 Å². The zero-order chi connectivity index (χ0) is 11.4. The van der Waals surface area contributed by atoms with Gasteiger partial charge in [0.1, 0.15) is 5.75 Å². The van der Waals surface area contributed by atoms with Crippen LogP contribution in [-0.4, -0.2) is 19.8 Å². The van der Waals surface area contributed by atoms with E-state index < -0.39 is 0 Å². The summed E-state index contributed by atoms with van der Waals surface area (Å²) >= 11 is 0. The first-order valence-corrected chi connectivity index (χ1v) is 5.73. The molecule has 0 radical (unpaired) electrons. The van der Waals surface area contributed by atoms with Gasteiger partial charge in [0.05, 0.1) is 18.9 Å². The van der Waals surface area contributed by atoms with Crippen LogP contribution in [0.2, 0.25) is 0 Å². The van der Waals surface area contributed by atoms with Crippen molar-refractivity contribution in [1.29, 1.82) is 0 Å². The molecule has 1 saturated heterocycles. The molecule has 1 aromatic rings. The second-order valence-electron chi connectivity index (χ2n) is 3.84. The minimum atomic E-state index is 0.643. The summed E-state index contributed by atoms with van der Waals surface area (Å²) < 4.78 is 5.46. The summed E-state index contributed by atoms with van der Waals surface area (Å²) in [7, 11) is 0. The third kappa shape index (κ3) is 2.58. The topological polar surface area (TPSA) is 47.7 Å². The van der Waals surface area contributed by atoms with Crippen LogP contribution in [0.3, 0.4) is 0 Å². The molecule has 4 nitrogen and oxygen atoms in total. The molecule has 1 heterocycles. The number of nitrogen functional groups attached to an aromatic ring is 1. The van der Waals surface area contributed by atoms with Crippen LogP contribution in [0.5, 0.6) is 5.75 Å². The van der Waals surface area contributed by atoms with Gasteiger partial charge in [0.15, 0.2) is 0 Å². The predicted molar refractivity (Wildman–Crippen MR) is 64.6 cm³/mol. The van der Waals surface area contributed by atoms with Gasteiger partial charge in [-0.1, -0.05) is 0 Å². The fourth-order valence-electron chi connectivity index (χ4n) is 1.80. The van der Waals surface area contributed by atoms with Crippen LogP contribution in [0.15, 0.2) is 18.2 Å². The molecule has 16 heavy (non-hydrogen) atoms. The van der Waals surface area contributed by atoms with Crippen molar-refractivity contribution in [2.75, 3.05) is 30.6 Å². The first kappa shape index (κ1) is 11.1. The molecule has 0 spiro atoms. The van der Waals surface area contributed by atoms with Crippen molar-refractivity contribution in [2.24, 2.45) is 0 Å². The van der Waals surface area contributed by atoms with Gasteiger partial charge in [0, 0.05) is 24.4 Å². The molecule has 0 aliphatic carbocycles. The van der Waals surface area contributed by atoms with Crippen LogP contribution >= 0.6 is 0 Å². The van der Waals surface area contributed by atoms with Crippen LogP contribution in [0.4, 0.5) is 11.4 Å². The van der Waals surface area contributed by atoms with Crippen molar-refractivity contribution >= 4 is 11.4 Å². The number of anilines is 2. The molecule has 4 heteroatoms. The zero-order valence-corrected chi connectivity index (χ0v) is 9.61. The minimum Gasteiger partial charge on any atom is -0.494 e. The van der Waals surface area contributed by atoms with E-state index in [9.17, 15) is 0 Å². The monoisotopic (exact) mass is 222 g/mol. The van der Waals surface area contributed by atoms with Crippen molar-refractivity contribution in [1.82, 2.24) is 0 Å². The van der Waals surface area contributed by atoms with E-state index in [1.54, 1.807) is 0 Å². The van der Waals surface area contributed by atoms with E-state index in [0.29, 0.717) is 12.3 Å². The number of nitrogens with zero attached hydrogens (tertiary/aromatic N) is 1. The van der Waals surface area contributed by atoms with Gasteiger partial charge >= 0.3 is 0 Å². The molecule has 0 atom stereocenters. The predicted octanol–water partition coefficient (Wildman–Crippen LogP) is 2.20. The third-order valence-corrected chi connectivity index (χ3v) is 2.52. The lowest BCUT2D eigenvalue weighted by molar-refractivity contribution is 0.0777. The number of hydroxylamine groups is 1. The molecule has 0 unspecified atom stereocenters. The maximum absolute atomic E-state index is 5.83. The molecule has 0 aromatic heterocycles. The van der Waals surface area contributed by atoms with Crippen LogP contribution in [0.1, 0.15) is 19.8 Å². The minimum absolute atomic E-state index is 0.643. The van der Waals surface area contributed by atoms with Gasteiger partial charge in [0.2, 0.25) is 0 Å². The fourth-order valence-corrected chi connectivity index (χ4v) is 1.80. The Morgan fingerprint density at radius 1 is 1.38 bits per heavy atom. The number of hydrogen-bond acceptors (Lipinski definition) is 4. The Kier molecular flexibility index (Phi) is 3.51. The summed E-state index contributed by atoms with van der Waals surface area (Å²) in [5.74, 6) is 0.798. The Bertz CT molecular complexity index is 349. The van der Waals surface area contributed by atoms with E-state index in [1.807, 2.05) is 30.2 Å². The second-order valence-corrected chi connectivity index (χ2v) is 3.84. The largest absolute Gasteiger partial charge is 0.494 e. The molecule has 0 saturated carbocycles. The number of benzene rings is 1. The Hall–Kier alpha value is -1.42. The highest BCUT2D eigenvalue weighted by molar-refractivity contribution is 5.59. The lowest BCUT2D eigenvalue weighted by Crippen LogP contribution is -2.29. The van der Waals surface area contributed by atoms with Gasteiger partial charge in [-0.15, -0.1) is 0 Å². The van der Waals surface area contributed by atoms with Gasteiger partial charge in [-0.25, -0.2) is 0 Å². The lowest BCUT2D eigenvalue weighted by Gasteiger charge is -2.28. The molecule has 1 aromatic carbocycles. The zero-order valence-electron chi connectivity index (χ0n) is 9.61. The lowest BCUT2D eigenvalue weighted by atomic mass is 10.2. The highest BCUT2D eigenvalue weighted by Crippen LogP contribution is 2.27. The van der Waals surface area contributed by atoms with Crippen molar-refractivity contribution in [2.45, 2.75) is 19.8 Å². The molecule has 2 rings (SSSR count). The summed E-state index contributed by atoms with van der Waals surface area (Å²) in [6.45, 7) is 4.29. The van der Waals surface area contributed by atoms with Crippen LogP contribution < -0.4 is 15.5 Å². The number of ether oxygens (including phenoxy) is 1. The Morgan fingerprint density at radius 2 is 2.25 bits per heavy atom. The smallest absolute Gasteiger partial charge is 0.123 e. The van der Waals surface area contributed by atoms with Gasteiger partial charge in [-0.3, -0.25) is 9.90 Å². The summed E-state index contributed by atoms with van der Waals surface area (Å²) in [6, 6.07) is 5.70. The summed E-state index contributed by atoms with van der Waals surface area (Å²) in [6.07, 6.45) is 2.27. The highest BCUT2D eigenvalue weighted by atomic mass is 16.7. The molecule has 1 aliphatic rings. The van der Waals surface area contributed by atoms with Crippen molar-refractivity contribution in [3.05, 3.63) is 18.2 Å². The average molecular weight is 222 g/mol. The van der Waals surface area contributed by atoms with E-state index >= 15 is 0 Å². The standard InChI is InChI=1S/C12H18N2O2/c1-2-15-12-8-10(13)7-11(9-12)14-5-3-4-6-16-14/h7-9H,2-6,13H2,1H3. The Balaban J connectivity index is 2.18. The molecule has 0 bridgehead atoms. The second kappa shape index (κ2) is 5.07. The average Bonchev–Trinajstić information content (AvgIpc) is 2.30. The normalized spacial score (nSPS) is 16.2. The van der Waals surface area contributed by atoms with Gasteiger partial charge in [-0.2, -0.15) is 0 Å². The van der Waals surface area contributed by atoms with Gasteiger partial charge in [-0.05, 0) is 25.8 Å². The van der Waals surface area contributed by atoms with E-state index in [2.05, 4.69) is 0 Å².